The molecule has 1 N–H and O–H groups in total. The molecule has 0 aromatic heterocycles. The average Bonchev–Trinajstić information content (AvgIpc) is 2.57. The standard InChI is InChI=1S/C18H28N2S/c1-2-15-5-7-18(8-6-15)20-11-9-16(10-12-20)19-17-4-3-13-21-14-17/h5-8,16-17,19H,2-4,9-14H2,1H3/t17-/m0/s1. The molecule has 0 bridgehead atoms. The van der Waals surface area contributed by atoms with Crippen LogP contribution < -0.4 is 10.2 Å². The van der Waals surface area contributed by atoms with Crippen LogP contribution in [0, 0.1) is 0 Å². The van der Waals surface area contributed by atoms with Crippen molar-refractivity contribution in [2.45, 2.75) is 51.1 Å². The molecule has 2 heterocycles. The van der Waals surface area contributed by atoms with Gasteiger partial charge in [-0.15, -0.1) is 0 Å². The van der Waals surface area contributed by atoms with Crippen LogP contribution in [0.5, 0.6) is 0 Å². The monoisotopic (exact) mass is 304 g/mol. The first-order valence-electron chi connectivity index (χ1n) is 8.53. The molecule has 3 rings (SSSR count). The Morgan fingerprint density at radius 1 is 1.10 bits per heavy atom. The van der Waals surface area contributed by atoms with Crippen LogP contribution in [0.2, 0.25) is 0 Å². The van der Waals surface area contributed by atoms with Gasteiger partial charge < -0.3 is 10.2 Å². The Balaban J connectivity index is 1.47. The van der Waals surface area contributed by atoms with Crippen molar-refractivity contribution in [2.24, 2.45) is 0 Å². The first kappa shape index (κ1) is 15.2. The Hall–Kier alpha value is -0.670. The third-order valence-electron chi connectivity index (χ3n) is 4.84. The second-order valence-electron chi connectivity index (χ2n) is 6.36. The number of hydrogen-bond donors (Lipinski definition) is 1. The minimum absolute atomic E-state index is 0.736. The zero-order valence-electron chi connectivity index (χ0n) is 13.2. The number of nitrogens with zero attached hydrogens (tertiary/aromatic N) is 1. The van der Waals surface area contributed by atoms with Crippen molar-refractivity contribution in [3.05, 3.63) is 29.8 Å². The number of thioether (sulfide) groups is 1. The van der Waals surface area contributed by atoms with Gasteiger partial charge in [-0.2, -0.15) is 11.8 Å². The van der Waals surface area contributed by atoms with Gasteiger partial charge in [0.25, 0.3) is 0 Å². The molecule has 2 fully saturated rings. The molecule has 0 amide bonds. The lowest BCUT2D eigenvalue weighted by Gasteiger charge is -2.36. The largest absolute Gasteiger partial charge is 0.371 e. The number of nitrogens with one attached hydrogen (secondary N) is 1. The van der Waals surface area contributed by atoms with Gasteiger partial charge in [-0.3, -0.25) is 0 Å². The Bertz CT molecular complexity index is 417. The van der Waals surface area contributed by atoms with Gasteiger partial charge >= 0.3 is 0 Å². The minimum atomic E-state index is 0.736. The second kappa shape index (κ2) is 7.55. The highest BCUT2D eigenvalue weighted by atomic mass is 32.2. The summed E-state index contributed by atoms with van der Waals surface area (Å²) < 4.78 is 0. The van der Waals surface area contributed by atoms with Crippen LogP contribution >= 0.6 is 11.8 Å². The highest BCUT2D eigenvalue weighted by Gasteiger charge is 2.22. The number of anilines is 1. The molecule has 2 nitrogen and oxygen atoms in total. The van der Waals surface area contributed by atoms with Crippen molar-refractivity contribution in [3.8, 4) is 0 Å². The summed E-state index contributed by atoms with van der Waals surface area (Å²) in [4.78, 5) is 2.55. The summed E-state index contributed by atoms with van der Waals surface area (Å²) in [7, 11) is 0. The molecular formula is C18H28N2S. The van der Waals surface area contributed by atoms with E-state index in [1.54, 1.807) is 0 Å². The fourth-order valence-corrected chi connectivity index (χ4v) is 4.54. The third-order valence-corrected chi connectivity index (χ3v) is 6.05. The van der Waals surface area contributed by atoms with Crippen molar-refractivity contribution >= 4 is 17.4 Å². The molecule has 0 unspecified atom stereocenters. The Labute approximate surface area is 133 Å². The van der Waals surface area contributed by atoms with Crippen molar-refractivity contribution in [2.75, 3.05) is 29.5 Å². The van der Waals surface area contributed by atoms with Crippen LogP contribution in [-0.2, 0) is 6.42 Å². The van der Waals surface area contributed by atoms with Gasteiger partial charge in [-0.05, 0) is 55.6 Å². The van der Waals surface area contributed by atoms with Gasteiger partial charge in [0, 0.05) is 36.6 Å². The first-order chi connectivity index (χ1) is 10.3. The van der Waals surface area contributed by atoms with Crippen molar-refractivity contribution in [3.63, 3.8) is 0 Å². The second-order valence-corrected chi connectivity index (χ2v) is 7.51. The van der Waals surface area contributed by atoms with Gasteiger partial charge in [-0.25, -0.2) is 0 Å². The fourth-order valence-electron chi connectivity index (χ4n) is 3.45. The van der Waals surface area contributed by atoms with Crippen LogP contribution in [0.1, 0.15) is 38.2 Å². The molecule has 1 atom stereocenters. The van der Waals surface area contributed by atoms with Crippen LogP contribution in [0.25, 0.3) is 0 Å². The number of rotatable bonds is 4. The first-order valence-corrected chi connectivity index (χ1v) is 9.68. The van der Waals surface area contributed by atoms with Crippen LogP contribution in [-0.4, -0.2) is 36.7 Å². The molecule has 2 aliphatic rings. The van der Waals surface area contributed by atoms with Gasteiger partial charge in [-0.1, -0.05) is 19.1 Å². The molecule has 1 aromatic rings. The zero-order chi connectivity index (χ0) is 14.5. The van der Waals surface area contributed by atoms with Crippen LogP contribution in [0.4, 0.5) is 5.69 Å². The molecule has 2 saturated heterocycles. The zero-order valence-corrected chi connectivity index (χ0v) is 14.0. The molecule has 0 aliphatic carbocycles. The summed E-state index contributed by atoms with van der Waals surface area (Å²) in [6.45, 7) is 4.61. The molecule has 21 heavy (non-hydrogen) atoms. The maximum Gasteiger partial charge on any atom is 0.0366 e. The lowest BCUT2D eigenvalue weighted by Crippen LogP contribution is -2.47. The van der Waals surface area contributed by atoms with Gasteiger partial charge in [0.1, 0.15) is 0 Å². The SMILES string of the molecule is CCc1ccc(N2CCC(N[C@H]3CCCSC3)CC2)cc1. The van der Waals surface area contributed by atoms with E-state index >= 15 is 0 Å². The highest BCUT2D eigenvalue weighted by molar-refractivity contribution is 7.99. The molecule has 3 heteroatoms. The molecule has 2 aliphatic heterocycles. The van der Waals surface area contributed by atoms with Gasteiger partial charge in [0.2, 0.25) is 0 Å². The number of hydrogen-bond acceptors (Lipinski definition) is 3. The summed E-state index contributed by atoms with van der Waals surface area (Å²) in [6.07, 6.45) is 6.48. The van der Waals surface area contributed by atoms with E-state index in [9.17, 15) is 0 Å². The van der Waals surface area contributed by atoms with E-state index in [1.165, 1.54) is 61.5 Å². The van der Waals surface area contributed by atoms with Crippen molar-refractivity contribution < 1.29 is 0 Å². The van der Waals surface area contributed by atoms with E-state index in [4.69, 9.17) is 0 Å². The van der Waals surface area contributed by atoms with Crippen molar-refractivity contribution in [1.29, 1.82) is 0 Å². The predicted molar refractivity (Wildman–Crippen MR) is 94.5 cm³/mol. The lowest BCUT2D eigenvalue weighted by molar-refractivity contribution is 0.365. The Kier molecular flexibility index (Phi) is 5.48. The predicted octanol–water partition coefficient (Wildman–Crippen LogP) is 3.70. The summed E-state index contributed by atoms with van der Waals surface area (Å²) in [5.74, 6) is 2.68. The fraction of sp³-hybridized carbons (Fsp3) is 0.667. The summed E-state index contributed by atoms with van der Waals surface area (Å²) in [5.41, 5.74) is 2.84. The summed E-state index contributed by atoms with van der Waals surface area (Å²) in [6, 6.07) is 10.6. The summed E-state index contributed by atoms with van der Waals surface area (Å²) >= 11 is 2.12. The van der Waals surface area contributed by atoms with E-state index in [0.29, 0.717) is 0 Å². The van der Waals surface area contributed by atoms with Crippen molar-refractivity contribution in [1.82, 2.24) is 5.32 Å². The molecule has 116 valence electrons. The maximum atomic E-state index is 3.90. The maximum absolute atomic E-state index is 3.90. The molecule has 0 saturated carbocycles. The van der Waals surface area contributed by atoms with Crippen LogP contribution in [0.15, 0.2) is 24.3 Å². The number of piperidine rings is 1. The van der Waals surface area contributed by atoms with E-state index < -0.39 is 0 Å². The third kappa shape index (κ3) is 4.17. The Morgan fingerprint density at radius 3 is 2.48 bits per heavy atom. The van der Waals surface area contributed by atoms with E-state index in [0.717, 1.165) is 18.5 Å². The van der Waals surface area contributed by atoms with Crippen LogP contribution in [0.3, 0.4) is 0 Å². The van der Waals surface area contributed by atoms with Gasteiger partial charge in [0.05, 0.1) is 0 Å². The van der Waals surface area contributed by atoms with E-state index in [-0.39, 0.29) is 0 Å². The smallest absolute Gasteiger partial charge is 0.0366 e. The molecule has 1 aromatic carbocycles. The van der Waals surface area contributed by atoms with E-state index in [2.05, 4.69) is 53.2 Å². The summed E-state index contributed by atoms with van der Waals surface area (Å²) in [5, 5.41) is 3.90. The molecule has 0 spiro atoms. The minimum Gasteiger partial charge on any atom is -0.371 e. The van der Waals surface area contributed by atoms with E-state index in [1.807, 2.05) is 0 Å². The van der Waals surface area contributed by atoms with Gasteiger partial charge in [0.15, 0.2) is 0 Å². The molecular weight excluding hydrogens is 276 g/mol. The lowest BCUT2D eigenvalue weighted by atomic mass is 10.0. The quantitative estimate of drug-likeness (QED) is 0.913. The average molecular weight is 305 g/mol. The number of benzene rings is 1. The molecule has 0 radical (unpaired) electrons. The Morgan fingerprint density at radius 2 is 1.86 bits per heavy atom. The highest BCUT2D eigenvalue weighted by Crippen LogP contribution is 2.23. The topological polar surface area (TPSA) is 15.3 Å². The number of aryl methyl sites for hydroxylation is 1. The normalized spacial score (nSPS) is 24.2.